The summed E-state index contributed by atoms with van der Waals surface area (Å²) in [5.74, 6) is 0.407. The topological polar surface area (TPSA) is 80.9 Å². The predicted octanol–water partition coefficient (Wildman–Crippen LogP) is 4.13. The van der Waals surface area contributed by atoms with E-state index in [4.69, 9.17) is 61.2 Å². The van der Waals surface area contributed by atoms with Gasteiger partial charge in [0.05, 0.1) is 21.3 Å². The Kier molecular flexibility index (Phi) is 8.66. The maximum absolute atomic E-state index is 12.8. The Morgan fingerprint density at radius 2 is 1.53 bits per heavy atom. The van der Waals surface area contributed by atoms with Crippen molar-refractivity contribution in [1.82, 2.24) is 10.6 Å². The maximum atomic E-state index is 12.8. The van der Waals surface area contributed by atoms with Crippen LogP contribution in [-0.2, 0) is 0 Å². The molecule has 0 heterocycles. The number of para-hydroxylation sites is 1. The molecule has 0 aromatic heterocycles. The summed E-state index contributed by atoms with van der Waals surface area (Å²) >= 11 is 23.4. The number of carbonyl (C=O) groups excluding carboxylic acids is 1. The SMILES string of the molecule is COc1cc(C(=O)N[C@@H](NC(=S)Nc2ccccc2)C(Cl)(Cl)Cl)cc(OC)c1OC. The molecule has 1 amide bonds. The van der Waals surface area contributed by atoms with Crippen LogP contribution >= 0.6 is 47.0 Å². The number of hydrogen-bond acceptors (Lipinski definition) is 5. The molecular weight excluding hydrogens is 473 g/mol. The minimum atomic E-state index is -1.90. The van der Waals surface area contributed by atoms with Gasteiger partial charge in [0.1, 0.15) is 6.17 Å². The molecule has 0 fully saturated rings. The van der Waals surface area contributed by atoms with Crippen LogP contribution in [0.1, 0.15) is 10.4 Å². The van der Waals surface area contributed by atoms with Crippen molar-refractivity contribution in [3.05, 3.63) is 48.0 Å². The summed E-state index contributed by atoms with van der Waals surface area (Å²) < 4.78 is 13.9. The molecule has 0 aliphatic rings. The van der Waals surface area contributed by atoms with Crippen LogP contribution in [0.5, 0.6) is 17.2 Å². The number of nitrogens with one attached hydrogen (secondary N) is 3. The average molecular weight is 493 g/mol. The Balaban J connectivity index is 2.20. The highest BCUT2D eigenvalue weighted by Crippen LogP contribution is 2.38. The first kappa shape index (κ1) is 24.1. The average Bonchev–Trinajstić information content (AvgIpc) is 2.71. The zero-order valence-corrected chi connectivity index (χ0v) is 19.4. The molecule has 7 nitrogen and oxygen atoms in total. The molecule has 0 saturated carbocycles. The highest BCUT2D eigenvalue weighted by Gasteiger charge is 2.35. The molecule has 1 atom stereocenters. The maximum Gasteiger partial charge on any atom is 0.253 e. The molecule has 0 saturated heterocycles. The number of amides is 1. The van der Waals surface area contributed by atoms with Gasteiger partial charge in [0.2, 0.25) is 9.54 Å². The second kappa shape index (κ2) is 10.8. The highest BCUT2D eigenvalue weighted by atomic mass is 35.6. The number of hydrogen-bond donors (Lipinski definition) is 3. The van der Waals surface area contributed by atoms with Crippen molar-refractivity contribution in [2.24, 2.45) is 0 Å². The van der Waals surface area contributed by atoms with E-state index in [9.17, 15) is 4.79 Å². The summed E-state index contributed by atoms with van der Waals surface area (Å²) in [6.45, 7) is 0. The van der Waals surface area contributed by atoms with Crippen molar-refractivity contribution >= 4 is 63.7 Å². The monoisotopic (exact) mass is 491 g/mol. The van der Waals surface area contributed by atoms with Gasteiger partial charge in [-0.25, -0.2) is 0 Å². The largest absolute Gasteiger partial charge is 0.493 e. The van der Waals surface area contributed by atoms with E-state index in [0.29, 0.717) is 17.2 Å². The van der Waals surface area contributed by atoms with E-state index in [0.717, 1.165) is 5.69 Å². The molecule has 162 valence electrons. The van der Waals surface area contributed by atoms with E-state index in [1.54, 1.807) is 0 Å². The lowest BCUT2D eigenvalue weighted by atomic mass is 10.1. The number of ether oxygens (including phenoxy) is 3. The fraction of sp³-hybridized carbons (Fsp3) is 0.263. The quantitative estimate of drug-likeness (QED) is 0.305. The van der Waals surface area contributed by atoms with Gasteiger partial charge in [-0.1, -0.05) is 53.0 Å². The molecule has 11 heteroatoms. The molecule has 0 radical (unpaired) electrons. The molecule has 3 N–H and O–H groups in total. The van der Waals surface area contributed by atoms with Gasteiger partial charge in [0.15, 0.2) is 16.6 Å². The Bertz CT molecular complexity index is 869. The minimum absolute atomic E-state index is 0.155. The summed E-state index contributed by atoms with van der Waals surface area (Å²) in [5, 5.41) is 8.50. The molecular formula is C19H20Cl3N3O4S. The van der Waals surface area contributed by atoms with Gasteiger partial charge in [0, 0.05) is 11.3 Å². The molecule has 2 aromatic rings. The van der Waals surface area contributed by atoms with Crippen LogP contribution in [0.15, 0.2) is 42.5 Å². The number of thiocarbonyl (C=S) groups is 1. The van der Waals surface area contributed by atoms with E-state index in [2.05, 4.69) is 16.0 Å². The number of methoxy groups -OCH3 is 3. The smallest absolute Gasteiger partial charge is 0.253 e. The molecule has 0 aliphatic heterocycles. The molecule has 30 heavy (non-hydrogen) atoms. The number of halogens is 3. The number of alkyl halides is 3. The van der Waals surface area contributed by atoms with Gasteiger partial charge >= 0.3 is 0 Å². The van der Waals surface area contributed by atoms with Crippen LogP contribution < -0.4 is 30.2 Å². The van der Waals surface area contributed by atoms with Gasteiger partial charge < -0.3 is 30.2 Å². The van der Waals surface area contributed by atoms with Crippen molar-refractivity contribution in [2.45, 2.75) is 9.96 Å². The summed E-state index contributed by atoms with van der Waals surface area (Å²) in [5.41, 5.74) is 0.932. The molecule has 0 spiro atoms. The van der Waals surface area contributed by atoms with Crippen LogP contribution in [-0.4, -0.2) is 42.3 Å². The Labute approximate surface area is 194 Å². The number of anilines is 1. The molecule has 0 aliphatic carbocycles. The lowest BCUT2D eigenvalue weighted by Crippen LogP contribution is -2.56. The Morgan fingerprint density at radius 1 is 0.967 bits per heavy atom. The fourth-order valence-electron chi connectivity index (χ4n) is 2.45. The standard InChI is InChI=1S/C19H20Cl3N3O4S/c1-27-13-9-11(10-14(28-2)15(13)29-3)16(26)24-17(19(20,21)22)25-18(30)23-12-7-5-4-6-8-12/h4-10,17H,1-3H3,(H,24,26)(H2,23,25,30)/t17-/m0/s1. The summed E-state index contributed by atoms with van der Waals surface area (Å²) in [6.07, 6.45) is -1.14. The van der Waals surface area contributed by atoms with Crippen LogP contribution in [0.3, 0.4) is 0 Å². The number of carbonyl (C=O) groups is 1. The first-order valence-corrected chi connectivity index (χ1v) is 10.0. The second-order valence-electron chi connectivity index (χ2n) is 5.83. The Morgan fingerprint density at radius 3 is 2.00 bits per heavy atom. The van der Waals surface area contributed by atoms with Crippen LogP contribution in [0, 0.1) is 0 Å². The minimum Gasteiger partial charge on any atom is -0.493 e. The molecule has 0 bridgehead atoms. The summed E-state index contributed by atoms with van der Waals surface area (Å²) in [7, 11) is 4.35. The van der Waals surface area contributed by atoms with Gasteiger partial charge in [-0.15, -0.1) is 0 Å². The molecule has 0 unspecified atom stereocenters. The first-order chi connectivity index (χ1) is 14.2. The van der Waals surface area contributed by atoms with Crippen molar-refractivity contribution < 1.29 is 19.0 Å². The normalized spacial score (nSPS) is 11.8. The summed E-state index contributed by atoms with van der Waals surface area (Å²) in [4.78, 5) is 12.8. The first-order valence-electron chi connectivity index (χ1n) is 8.49. The third-order valence-electron chi connectivity index (χ3n) is 3.84. The second-order valence-corrected chi connectivity index (χ2v) is 8.60. The van der Waals surface area contributed by atoms with Crippen molar-refractivity contribution in [3.63, 3.8) is 0 Å². The third-order valence-corrected chi connectivity index (χ3v) is 4.71. The third kappa shape index (κ3) is 6.43. The van der Waals surface area contributed by atoms with Gasteiger partial charge in [-0.05, 0) is 36.5 Å². The summed E-state index contributed by atoms with van der Waals surface area (Å²) in [6, 6.07) is 12.1. The number of rotatable bonds is 7. The lowest BCUT2D eigenvalue weighted by molar-refractivity contribution is 0.0933. The zero-order chi connectivity index (χ0) is 22.3. The van der Waals surface area contributed by atoms with Crippen molar-refractivity contribution in [2.75, 3.05) is 26.6 Å². The Hall–Kier alpha value is -2.13. The van der Waals surface area contributed by atoms with E-state index in [-0.39, 0.29) is 10.7 Å². The highest BCUT2D eigenvalue weighted by molar-refractivity contribution is 7.80. The van der Waals surface area contributed by atoms with Crippen LogP contribution in [0.25, 0.3) is 0 Å². The van der Waals surface area contributed by atoms with Gasteiger partial charge in [-0.2, -0.15) is 0 Å². The van der Waals surface area contributed by atoms with Crippen molar-refractivity contribution in [3.8, 4) is 17.2 Å². The zero-order valence-electron chi connectivity index (χ0n) is 16.3. The van der Waals surface area contributed by atoms with E-state index in [1.165, 1.54) is 33.5 Å². The van der Waals surface area contributed by atoms with Gasteiger partial charge in [0.25, 0.3) is 5.91 Å². The van der Waals surface area contributed by atoms with E-state index < -0.39 is 15.9 Å². The van der Waals surface area contributed by atoms with E-state index >= 15 is 0 Å². The fourth-order valence-corrected chi connectivity index (χ4v) is 3.01. The van der Waals surface area contributed by atoms with Gasteiger partial charge in [-0.3, -0.25) is 4.79 Å². The van der Waals surface area contributed by atoms with E-state index in [1.807, 2.05) is 30.3 Å². The van der Waals surface area contributed by atoms with Crippen LogP contribution in [0.2, 0.25) is 0 Å². The number of benzene rings is 2. The molecule has 2 aromatic carbocycles. The van der Waals surface area contributed by atoms with Crippen LogP contribution in [0.4, 0.5) is 5.69 Å². The lowest BCUT2D eigenvalue weighted by Gasteiger charge is -2.28. The van der Waals surface area contributed by atoms with Crippen molar-refractivity contribution in [1.29, 1.82) is 0 Å². The molecule has 2 rings (SSSR count). The predicted molar refractivity (Wildman–Crippen MR) is 123 cm³/mol.